The molecule has 0 bridgehead atoms. The third-order valence-electron chi connectivity index (χ3n) is 3.45. The van der Waals surface area contributed by atoms with E-state index in [0.29, 0.717) is 13.1 Å². The summed E-state index contributed by atoms with van der Waals surface area (Å²) in [4.78, 5) is 13.9. The van der Waals surface area contributed by atoms with Crippen LogP contribution in [0, 0.1) is 11.6 Å². The van der Waals surface area contributed by atoms with E-state index >= 15 is 0 Å². The molecule has 1 fully saturated rings. The summed E-state index contributed by atoms with van der Waals surface area (Å²) < 4.78 is 31.4. The Bertz CT molecular complexity index is 494. The summed E-state index contributed by atoms with van der Waals surface area (Å²) in [5, 5.41) is 5.61. The molecule has 0 atom stereocenters. The SMILES string of the molecule is O=C(CCNc1ccc(F)cc1F)NCCN1CCOCC1. The van der Waals surface area contributed by atoms with Gasteiger partial charge in [-0.1, -0.05) is 0 Å². The number of nitrogens with zero attached hydrogens (tertiary/aromatic N) is 1. The van der Waals surface area contributed by atoms with E-state index < -0.39 is 11.6 Å². The number of carbonyl (C=O) groups excluding carboxylic acids is 1. The number of anilines is 1. The van der Waals surface area contributed by atoms with Crippen LogP contribution in [0.1, 0.15) is 6.42 Å². The van der Waals surface area contributed by atoms with Gasteiger partial charge in [-0.2, -0.15) is 0 Å². The number of ether oxygens (including phenoxy) is 1. The van der Waals surface area contributed by atoms with Gasteiger partial charge >= 0.3 is 0 Å². The van der Waals surface area contributed by atoms with Crippen LogP contribution in [0.3, 0.4) is 0 Å². The monoisotopic (exact) mass is 313 g/mol. The minimum Gasteiger partial charge on any atom is -0.382 e. The van der Waals surface area contributed by atoms with Gasteiger partial charge < -0.3 is 15.4 Å². The normalized spacial score (nSPS) is 15.5. The van der Waals surface area contributed by atoms with E-state index in [2.05, 4.69) is 15.5 Å². The smallest absolute Gasteiger partial charge is 0.221 e. The molecule has 0 unspecified atom stereocenters. The van der Waals surface area contributed by atoms with Gasteiger partial charge in [0.2, 0.25) is 5.91 Å². The van der Waals surface area contributed by atoms with Crippen LogP contribution in [0.15, 0.2) is 18.2 Å². The Morgan fingerprint density at radius 2 is 2.00 bits per heavy atom. The predicted octanol–water partition coefficient (Wildman–Crippen LogP) is 1.22. The third-order valence-corrected chi connectivity index (χ3v) is 3.45. The predicted molar refractivity (Wildman–Crippen MR) is 79.7 cm³/mol. The number of hydrogen-bond acceptors (Lipinski definition) is 4. The number of hydrogen-bond donors (Lipinski definition) is 2. The number of morpholine rings is 1. The number of halogens is 2. The fraction of sp³-hybridized carbons (Fsp3) is 0.533. The molecule has 0 spiro atoms. The molecule has 0 saturated carbocycles. The van der Waals surface area contributed by atoms with E-state index in [1.807, 2.05) is 0 Å². The molecular formula is C15H21F2N3O2. The summed E-state index contributed by atoms with van der Waals surface area (Å²) in [7, 11) is 0. The second-order valence-corrected chi connectivity index (χ2v) is 5.10. The summed E-state index contributed by atoms with van der Waals surface area (Å²) in [6.07, 6.45) is 0.236. The van der Waals surface area contributed by atoms with E-state index in [9.17, 15) is 13.6 Å². The van der Waals surface area contributed by atoms with Crippen molar-refractivity contribution in [1.29, 1.82) is 0 Å². The standard InChI is InChI=1S/C15H21F2N3O2/c16-12-1-2-14(13(17)11-12)18-4-3-15(21)19-5-6-20-7-9-22-10-8-20/h1-2,11,18H,3-10H2,(H,19,21). The zero-order valence-electron chi connectivity index (χ0n) is 12.4. The lowest BCUT2D eigenvalue weighted by Gasteiger charge is -2.26. The van der Waals surface area contributed by atoms with Crippen LogP contribution >= 0.6 is 0 Å². The summed E-state index contributed by atoms with van der Waals surface area (Å²) >= 11 is 0. The molecule has 1 amide bonds. The Morgan fingerprint density at radius 1 is 1.23 bits per heavy atom. The van der Waals surface area contributed by atoms with Gasteiger partial charge in [-0.05, 0) is 12.1 Å². The number of amides is 1. The van der Waals surface area contributed by atoms with Crippen molar-refractivity contribution in [1.82, 2.24) is 10.2 Å². The topological polar surface area (TPSA) is 53.6 Å². The summed E-state index contributed by atoms with van der Waals surface area (Å²) in [5.41, 5.74) is 0.197. The summed E-state index contributed by atoms with van der Waals surface area (Å²) in [5.74, 6) is -1.38. The highest BCUT2D eigenvalue weighted by molar-refractivity contribution is 5.76. The third kappa shape index (κ3) is 5.57. The van der Waals surface area contributed by atoms with E-state index in [-0.39, 0.29) is 18.0 Å². The molecule has 2 N–H and O–H groups in total. The highest BCUT2D eigenvalue weighted by atomic mass is 19.1. The van der Waals surface area contributed by atoms with Gasteiger partial charge in [-0.3, -0.25) is 9.69 Å². The summed E-state index contributed by atoms with van der Waals surface area (Å²) in [6.45, 7) is 4.94. The van der Waals surface area contributed by atoms with E-state index in [1.54, 1.807) is 0 Å². The van der Waals surface area contributed by atoms with Crippen LogP contribution < -0.4 is 10.6 Å². The highest BCUT2D eigenvalue weighted by Gasteiger charge is 2.10. The zero-order chi connectivity index (χ0) is 15.8. The molecule has 7 heteroatoms. The van der Waals surface area contributed by atoms with Crippen molar-refractivity contribution in [2.24, 2.45) is 0 Å². The molecule has 2 rings (SSSR count). The van der Waals surface area contributed by atoms with Crippen LogP contribution in [0.2, 0.25) is 0 Å². The van der Waals surface area contributed by atoms with Crippen LogP contribution in [0.25, 0.3) is 0 Å². The lowest BCUT2D eigenvalue weighted by atomic mass is 10.3. The summed E-state index contributed by atoms with van der Waals surface area (Å²) in [6, 6.07) is 3.31. The van der Waals surface area contributed by atoms with Crippen LogP contribution in [0.5, 0.6) is 0 Å². The van der Waals surface area contributed by atoms with Crippen LogP contribution in [0.4, 0.5) is 14.5 Å². The molecule has 122 valence electrons. The number of rotatable bonds is 7. The minimum atomic E-state index is -0.660. The number of carbonyl (C=O) groups is 1. The molecule has 0 aliphatic carbocycles. The molecule has 1 aliphatic rings. The van der Waals surface area contributed by atoms with Crippen molar-refractivity contribution >= 4 is 11.6 Å². The Kier molecular flexibility index (Phi) is 6.54. The maximum Gasteiger partial charge on any atom is 0.221 e. The van der Waals surface area contributed by atoms with Crippen molar-refractivity contribution in [3.63, 3.8) is 0 Å². The first kappa shape index (κ1) is 16.6. The van der Waals surface area contributed by atoms with Crippen molar-refractivity contribution in [3.8, 4) is 0 Å². The van der Waals surface area contributed by atoms with Gasteiger partial charge in [0.15, 0.2) is 0 Å². The molecule has 1 heterocycles. The molecule has 1 saturated heterocycles. The maximum absolute atomic E-state index is 13.4. The minimum absolute atomic E-state index is 0.0942. The lowest BCUT2D eigenvalue weighted by molar-refractivity contribution is -0.120. The molecule has 1 aromatic carbocycles. The highest BCUT2D eigenvalue weighted by Crippen LogP contribution is 2.14. The molecule has 1 aromatic rings. The number of nitrogens with one attached hydrogen (secondary N) is 2. The number of benzene rings is 1. The first-order chi connectivity index (χ1) is 10.6. The van der Waals surface area contributed by atoms with Crippen molar-refractivity contribution in [2.45, 2.75) is 6.42 Å². The molecule has 5 nitrogen and oxygen atoms in total. The van der Waals surface area contributed by atoms with Gasteiger partial charge in [-0.15, -0.1) is 0 Å². The van der Waals surface area contributed by atoms with Gasteiger partial charge in [-0.25, -0.2) is 8.78 Å². The van der Waals surface area contributed by atoms with Gasteiger partial charge in [0.1, 0.15) is 11.6 Å². The lowest BCUT2D eigenvalue weighted by Crippen LogP contribution is -2.41. The fourth-order valence-electron chi connectivity index (χ4n) is 2.21. The maximum atomic E-state index is 13.4. The van der Waals surface area contributed by atoms with E-state index in [0.717, 1.165) is 38.9 Å². The Balaban J connectivity index is 1.59. The average Bonchev–Trinajstić information content (AvgIpc) is 2.50. The zero-order valence-corrected chi connectivity index (χ0v) is 12.4. The molecule has 0 aromatic heterocycles. The Hall–Kier alpha value is -1.73. The Labute approximate surface area is 128 Å². The second-order valence-electron chi connectivity index (χ2n) is 5.10. The fourth-order valence-corrected chi connectivity index (χ4v) is 2.21. The molecule has 0 radical (unpaired) electrons. The quantitative estimate of drug-likeness (QED) is 0.795. The van der Waals surface area contributed by atoms with Crippen LogP contribution in [-0.2, 0) is 9.53 Å². The molecule has 22 heavy (non-hydrogen) atoms. The van der Waals surface area contributed by atoms with Gasteiger partial charge in [0.05, 0.1) is 18.9 Å². The first-order valence-electron chi connectivity index (χ1n) is 7.41. The first-order valence-corrected chi connectivity index (χ1v) is 7.41. The van der Waals surface area contributed by atoms with Gasteiger partial charge in [0, 0.05) is 45.2 Å². The van der Waals surface area contributed by atoms with Crippen molar-refractivity contribution < 1.29 is 18.3 Å². The van der Waals surface area contributed by atoms with E-state index in [1.165, 1.54) is 12.1 Å². The molecule has 1 aliphatic heterocycles. The average molecular weight is 313 g/mol. The molecular weight excluding hydrogens is 292 g/mol. The van der Waals surface area contributed by atoms with Crippen LogP contribution in [-0.4, -0.2) is 56.7 Å². The van der Waals surface area contributed by atoms with Gasteiger partial charge in [0.25, 0.3) is 0 Å². The largest absolute Gasteiger partial charge is 0.382 e. The second kappa shape index (κ2) is 8.65. The van der Waals surface area contributed by atoms with Crippen molar-refractivity contribution in [2.75, 3.05) is 51.3 Å². The Morgan fingerprint density at radius 3 is 2.73 bits per heavy atom. The van der Waals surface area contributed by atoms with Crippen molar-refractivity contribution in [3.05, 3.63) is 29.8 Å². The van der Waals surface area contributed by atoms with E-state index in [4.69, 9.17) is 4.74 Å².